The van der Waals surface area contributed by atoms with Crippen LogP contribution in [0.15, 0.2) is 0 Å². The van der Waals surface area contributed by atoms with E-state index in [-0.39, 0.29) is 6.42 Å². The molecule has 2 atom stereocenters. The van der Waals surface area contributed by atoms with E-state index in [4.69, 9.17) is 15.3 Å². The van der Waals surface area contributed by atoms with Crippen molar-refractivity contribution in [2.75, 3.05) is 0 Å². The zero-order valence-electron chi connectivity index (χ0n) is 13.9. The molecular weight excluding hydrogens is 358 g/mol. The summed E-state index contributed by atoms with van der Waals surface area (Å²) in [4.78, 5) is 56.0. The summed E-state index contributed by atoms with van der Waals surface area (Å²) in [5.74, 6) is -4.63. The number of urea groups is 1. The van der Waals surface area contributed by atoms with Crippen molar-refractivity contribution >= 4 is 41.8 Å². The van der Waals surface area contributed by atoms with Gasteiger partial charge in [0, 0.05) is 11.8 Å². The van der Waals surface area contributed by atoms with Crippen LogP contribution < -0.4 is 15.4 Å². The summed E-state index contributed by atoms with van der Waals surface area (Å²) in [5, 5.41) is 28.9. The van der Waals surface area contributed by atoms with E-state index in [0.717, 1.165) is 0 Å². The van der Waals surface area contributed by atoms with Gasteiger partial charge in [0.1, 0.15) is 6.04 Å². The maximum atomic E-state index is 11.7. The monoisotopic (exact) mass is 379 g/mol. The molecule has 0 bridgehead atoms. The van der Waals surface area contributed by atoms with Gasteiger partial charge in [0.05, 0.1) is 0 Å². The Balaban J connectivity index is 4.71. The van der Waals surface area contributed by atoms with E-state index < -0.39 is 53.1 Å². The highest BCUT2D eigenvalue weighted by atomic mass is 32.2. The average molecular weight is 379 g/mol. The third-order valence-corrected chi connectivity index (χ3v) is 3.55. The van der Waals surface area contributed by atoms with Gasteiger partial charge in [-0.3, -0.25) is 14.3 Å². The molecule has 0 aliphatic heterocycles. The third kappa shape index (κ3) is 9.39. The van der Waals surface area contributed by atoms with E-state index in [1.54, 1.807) is 20.8 Å². The number of carbonyl (C=O) groups excluding carboxylic acids is 2. The average Bonchev–Trinajstić information content (AvgIpc) is 2.45. The first-order valence-electron chi connectivity index (χ1n) is 7.05. The Labute approximate surface area is 147 Å². The van der Waals surface area contributed by atoms with Crippen LogP contribution >= 0.6 is 11.9 Å². The topological polar surface area (TPSA) is 182 Å². The molecule has 0 heterocycles. The second kappa shape index (κ2) is 9.71. The largest absolute Gasteiger partial charge is 0.481 e. The van der Waals surface area contributed by atoms with Crippen LogP contribution in [-0.2, 0) is 19.2 Å². The third-order valence-electron chi connectivity index (χ3n) is 2.69. The van der Waals surface area contributed by atoms with Crippen LogP contribution in [0.5, 0.6) is 0 Å². The molecule has 0 aliphatic carbocycles. The molecule has 0 saturated heterocycles. The number of carboxylic acids is 3. The first kappa shape index (κ1) is 22.5. The molecule has 12 heteroatoms. The van der Waals surface area contributed by atoms with Gasteiger partial charge in [-0.1, -0.05) is 20.8 Å². The Morgan fingerprint density at radius 3 is 1.92 bits per heavy atom. The quantitative estimate of drug-likeness (QED) is 0.234. The van der Waals surface area contributed by atoms with E-state index in [1.807, 2.05) is 10.6 Å². The van der Waals surface area contributed by atoms with E-state index in [1.165, 1.54) is 0 Å². The molecule has 0 spiro atoms. The maximum Gasteiger partial charge on any atom is 0.338 e. The fourth-order valence-electron chi connectivity index (χ4n) is 1.25. The fraction of sp³-hybridized carbons (Fsp3) is 0.615. The van der Waals surface area contributed by atoms with Gasteiger partial charge in [-0.25, -0.2) is 14.4 Å². The van der Waals surface area contributed by atoms with Crippen molar-refractivity contribution in [3.63, 3.8) is 0 Å². The molecular formula is C13H21N3O8S. The standard InChI is InChI=1S/C13H21N3O8S/c1-13(2,3)11(23)16-25-8(10(21)22)15-12(24)14-6(9(19)20)4-5-7(17)18/h6,8H,4-5H2,1-3H3,(H,16,23)(H,17,18)(H,19,20)(H,21,22)(H2,14,15,24)/t6-,8-/m0/s1. The molecule has 0 aromatic heterocycles. The van der Waals surface area contributed by atoms with Crippen molar-refractivity contribution in [1.82, 2.24) is 15.4 Å². The molecule has 0 fully saturated rings. The van der Waals surface area contributed by atoms with E-state index in [9.17, 15) is 24.0 Å². The zero-order chi connectivity index (χ0) is 19.8. The minimum atomic E-state index is -1.57. The van der Waals surface area contributed by atoms with Crippen LogP contribution in [0, 0.1) is 5.41 Å². The van der Waals surface area contributed by atoms with E-state index >= 15 is 0 Å². The van der Waals surface area contributed by atoms with Gasteiger partial charge in [-0.2, -0.15) is 0 Å². The van der Waals surface area contributed by atoms with Crippen molar-refractivity contribution in [1.29, 1.82) is 0 Å². The van der Waals surface area contributed by atoms with Crippen LogP contribution in [0.25, 0.3) is 0 Å². The van der Waals surface area contributed by atoms with Gasteiger partial charge in [-0.05, 0) is 18.4 Å². The molecule has 0 aromatic rings. The van der Waals surface area contributed by atoms with Gasteiger partial charge in [0.2, 0.25) is 5.91 Å². The number of rotatable bonds is 9. The molecule has 25 heavy (non-hydrogen) atoms. The lowest BCUT2D eigenvalue weighted by atomic mass is 9.96. The minimum Gasteiger partial charge on any atom is -0.481 e. The highest BCUT2D eigenvalue weighted by molar-refractivity contribution is 7.99. The highest BCUT2D eigenvalue weighted by Crippen LogP contribution is 2.15. The van der Waals surface area contributed by atoms with Gasteiger partial charge >= 0.3 is 23.9 Å². The fourth-order valence-corrected chi connectivity index (χ4v) is 2.05. The van der Waals surface area contributed by atoms with Gasteiger partial charge < -0.3 is 26.0 Å². The lowest BCUT2D eigenvalue weighted by molar-refractivity contribution is -0.140. The molecule has 0 radical (unpaired) electrons. The summed E-state index contributed by atoms with van der Waals surface area (Å²) >= 11 is 0.434. The smallest absolute Gasteiger partial charge is 0.338 e. The van der Waals surface area contributed by atoms with E-state index in [2.05, 4.69) is 4.72 Å². The highest BCUT2D eigenvalue weighted by Gasteiger charge is 2.28. The van der Waals surface area contributed by atoms with Crippen LogP contribution in [0.4, 0.5) is 4.79 Å². The van der Waals surface area contributed by atoms with Crippen LogP contribution in [-0.4, -0.2) is 56.6 Å². The summed E-state index contributed by atoms with van der Waals surface area (Å²) in [6, 6.07) is -2.62. The van der Waals surface area contributed by atoms with Crippen molar-refractivity contribution in [3.8, 4) is 0 Å². The predicted octanol–water partition coefficient (Wildman–Crippen LogP) is -0.175. The van der Waals surface area contributed by atoms with Crippen molar-refractivity contribution in [3.05, 3.63) is 0 Å². The molecule has 142 valence electrons. The molecule has 0 unspecified atom stereocenters. The van der Waals surface area contributed by atoms with E-state index in [0.29, 0.717) is 11.9 Å². The summed E-state index contributed by atoms with van der Waals surface area (Å²) < 4.78 is 2.29. The second-order valence-electron chi connectivity index (χ2n) is 5.96. The number of nitrogens with one attached hydrogen (secondary N) is 3. The normalized spacial score (nSPS) is 13.2. The number of hydrogen-bond donors (Lipinski definition) is 6. The summed E-state index contributed by atoms with van der Waals surface area (Å²) in [7, 11) is 0. The Morgan fingerprint density at radius 1 is 0.960 bits per heavy atom. The molecule has 0 rings (SSSR count). The van der Waals surface area contributed by atoms with Crippen molar-refractivity contribution < 1.29 is 39.3 Å². The number of carboxylic acid groups (broad SMARTS) is 3. The van der Waals surface area contributed by atoms with Gasteiger partial charge in [0.15, 0.2) is 5.37 Å². The SMILES string of the molecule is CC(C)(C)C(=O)NS[C@H](NC(=O)N[C@@H](CCC(=O)O)C(=O)O)C(=O)O. The molecule has 6 N–H and O–H groups in total. The Kier molecular flexibility index (Phi) is 8.74. The first-order chi connectivity index (χ1) is 11.3. The summed E-state index contributed by atoms with van der Waals surface area (Å²) in [5.41, 5.74) is -0.774. The summed E-state index contributed by atoms with van der Waals surface area (Å²) in [6.45, 7) is 4.83. The molecule has 3 amide bonds. The number of hydrogen-bond acceptors (Lipinski definition) is 6. The van der Waals surface area contributed by atoms with Crippen molar-refractivity contribution in [2.45, 2.75) is 45.0 Å². The first-order valence-corrected chi connectivity index (χ1v) is 7.93. The molecule has 0 saturated carbocycles. The number of amides is 3. The maximum absolute atomic E-state index is 11.7. The molecule has 0 aliphatic rings. The predicted molar refractivity (Wildman–Crippen MR) is 86.6 cm³/mol. The number of aliphatic carboxylic acids is 3. The van der Waals surface area contributed by atoms with Crippen LogP contribution in [0.3, 0.4) is 0 Å². The summed E-state index contributed by atoms with van der Waals surface area (Å²) in [6.07, 6.45) is -0.861. The minimum absolute atomic E-state index is 0.371. The van der Waals surface area contributed by atoms with Crippen LogP contribution in [0.1, 0.15) is 33.6 Å². The molecule has 11 nitrogen and oxygen atoms in total. The lowest BCUT2D eigenvalue weighted by Crippen LogP contribution is -2.51. The van der Waals surface area contributed by atoms with Gasteiger partial charge in [0.25, 0.3) is 0 Å². The Bertz CT molecular complexity index is 546. The van der Waals surface area contributed by atoms with Gasteiger partial charge in [-0.15, -0.1) is 0 Å². The Morgan fingerprint density at radius 2 is 1.52 bits per heavy atom. The number of carbonyl (C=O) groups is 5. The zero-order valence-corrected chi connectivity index (χ0v) is 14.7. The molecule has 0 aromatic carbocycles. The lowest BCUT2D eigenvalue weighted by Gasteiger charge is -2.20. The van der Waals surface area contributed by atoms with Crippen molar-refractivity contribution in [2.24, 2.45) is 5.41 Å². The second-order valence-corrected chi connectivity index (χ2v) is 6.87. The Hall–Kier alpha value is -2.50. The van der Waals surface area contributed by atoms with Crippen LogP contribution in [0.2, 0.25) is 0 Å².